The first-order valence-electron chi connectivity index (χ1n) is 8.45. The van der Waals surface area contributed by atoms with Crippen molar-refractivity contribution in [2.24, 2.45) is 0 Å². The second-order valence-corrected chi connectivity index (χ2v) is 6.50. The Balaban J connectivity index is 1.55. The number of likely N-dealkylation sites (N-methyl/N-ethyl adjacent to an activating group) is 1. The molecule has 0 saturated heterocycles. The third kappa shape index (κ3) is 4.51. The maximum absolute atomic E-state index is 12.2. The van der Waals surface area contributed by atoms with Gasteiger partial charge < -0.3 is 14.8 Å². The van der Waals surface area contributed by atoms with Crippen LogP contribution in [0.25, 0.3) is 0 Å². The van der Waals surface area contributed by atoms with Crippen LogP contribution in [0.2, 0.25) is 0 Å². The molecule has 2 aromatic carbocycles. The number of nitrogens with zero attached hydrogens (tertiary/aromatic N) is 1. The predicted octanol–water partition coefficient (Wildman–Crippen LogP) is 3.15. The number of aryl methyl sites for hydroxylation is 2. The van der Waals surface area contributed by atoms with Crippen LogP contribution < -0.4 is 14.8 Å². The Labute approximate surface area is 148 Å². The monoisotopic (exact) mass is 340 g/mol. The lowest BCUT2D eigenvalue weighted by atomic mass is 10.1. The Hall–Kier alpha value is -2.53. The van der Waals surface area contributed by atoms with Gasteiger partial charge in [-0.3, -0.25) is 9.69 Å². The van der Waals surface area contributed by atoms with Crippen molar-refractivity contribution in [2.75, 3.05) is 32.1 Å². The first kappa shape index (κ1) is 17.3. The molecule has 0 atom stereocenters. The number of hydrogen-bond acceptors (Lipinski definition) is 4. The maximum atomic E-state index is 12.2. The molecule has 5 nitrogen and oxygen atoms in total. The molecular weight excluding hydrogens is 316 g/mol. The molecule has 2 aromatic rings. The van der Waals surface area contributed by atoms with Crippen molar-refractivity contribution in [1.29, 1.82) is 0 Å². The zero-order valence-electron chi connectivity index (χ0n) is 15.0. The molecular formula is C20H24N2O3. The van der Waals surface area contributed by atoms with E-state index in [0.717, 1.165) is 22.7 Å². The summed E-state index contributed by atoms with van der Waals surface area (Å²) in [5, 5.41) is 2.95. The molecule has 0 saturated carbocycles. The number of carbonyl (C=O) groups is 1. The number of rotatable bonds is 5. The lowest BCUT2D eigenvalue weighted by molar-refractivity contribution is -0.117. The van der Waals surface area contributed by atoms with Crippen LogP contribution in [0.5, 0.6) is 11.5 Å². The molecule has 0 fully saturated rings. The van der Waals surface area contributed by atoms with E-state index in [1.807, 2.05) is 55.3 Å². The van der Waals surface area contributed by atoms with E-state index in [1.165, 1.54) is 11.1 Å². The fraction of sp³-hybridized carbons (Fsp3) is 0.350. The quantitative estimate of drug-likeness (QED) is 0.908. The molecule has 0 radical (unpaired) electrons. The minimum absolute atomic E-state index is 0.0247. The molecule has 1 aliphatic rings. The van der Waals surface area contributed by atoms with Gasteiger partial charge in [-0.15, -0.1) is 0 Å². The Morgan fingerprint density at radius 2 is 1.80 bits per heavy atom. The van der Waals surface area contributed by atoms with Crippen molar-refractivity contribution in [3.05, 3.63) is 53.1 Å². The van der Waals surface area contributed by atoms with Gasteiger partial charge in [0.25, 0.3) is 0 Å². The SMILES string of the molecule is Cc1ccc(NC(=O)CN(C)Cc2ccc3c(c2)OCCO3)cc1C. The summed E-state index contributed by atoms with van der Waals surface area (Å²) in [6, 6.07) is 11.9. The predicted molar refractivity (Wildman–Crippen MR) is 98.3 cm³/mol. The van der Waals surface area contributed by atoms with Gasteiger partial charge in [-0.25, -0.2) is 0 Å². The molecule has 1 aliphatic heterocycles. The highest BCUT2D eigenvalue weighted by molar-refractivity contribution is 5.92. The van der Waals surface area contributed by atoms with Gasteiger partial charge in [-0.1, -0.05) is 12.1 Å². The highest BCUT2D eigenvalue weighted by Gasteiger charge is 2.13. The summed E-state index contributed by atoms with van der Waals surface area (Å²) in [4.78, 5) is 14.2. The van der Waals surface area contributed by atoms with Crippen LogP contribution in [0.3, 0.4) is 0 Å². The van der Waals surface area contributed by atoms with Gasteiger partial charge in [0.2, 0.25) is 5.91 Å². The summed E-state index contributed by atoms with van der Waals surface area (Å²) >= 11 is 0. The van der Waals surface area contributed by atoms with Gasteiger partial charge in [0, 0.05) is 12.2 Å². The summed E-state index contributed by atoms with van der Waals surface area (Å²) in [5.74, 6) is 1.53. The fourth-order valence-electron chi connectivity index (χ4n) is 2.82. The lowest BCUT2D eigenvalue weighted by Crippen LogP contribution is -2.29. The highest BCUT2D eigenvalue weighted by atomic mass is 16.6. The Morgan fingerprint density at radius 3 is 2.56 bits per heavy atom. The molecule has 1 heterocycles. The van der Waals surface area contributed by atoms with Crippen molar-refractivity contribution in [3.63, 3.8) is 0 Å². The van der Waals surface area contributed by atoms with Crippen molar-refractivity contribution in [1.82, 2.24) is 4.90 Å². The zero-order chi connectivity index (χ0) is 17.8. The van der Waals surface area contributed by atoms with Crippen LogP contribution in [0.1, 0.15) is 16.7 Å². The number of nitrogens with one attached hydrogen (secondary N) is 1. The third-order valence-electron chi connectivity index (χ3n) is 4.26. The molecule has 3 rings (SSSR count). The standard InChI is InChI=1S/C20H24N2O3/c1-14-4-6-17(10-15(14)2)21-20(23)13-22(3)12-16-5-7-18-19(11-16)25-9-8-24-18/h4-7,10-11H,8-9,12-13H2,1-3H3,(H,21,23). The Kier molecular flexibility index (Phi) is 5.24. The Bertz CT molecular complexity index is 774. The topological polar surface area (TPSA) is 50.8 Å². The smallest absolute Gasteiger partial charge is 0.238 e. The van der Waals surface area contributed by atoms with Gasteiger partial charge >= 0.3 is 0 Å². The lowest BCUT2D eigenvalue weighted by Gasteiger charge is -2.21. The molecule has 1 amide bonds. The normalized spacial score (nSPS) is 13.0. The number of ether oxygens (including phenoxy) is 2. The first-order valence-corrected chi connectivity index (χ1v) is 8.45. The Morgan fingerprint density at radius 1 is 1.04 bits per heavy atom. The van der Waals surface area contributed by atoms with Crippen molar-refractivity contribution in [3.8, 4) is 11.5 Å². The fourth-order valence-corrected chi connectivity index (χ4v) is 2.82. The van der Waals surface area contributed by atoms with Gasteiger partial charge in [0.15, 0.2) is 11.5 Å². The van der Waals surface area contributed by atoms with Crippen molar-refractivity contribution >= 4 is 11.6 Å². The zero-order valence-corrected chi connectivity index (χ0v) is 15.0. The minimum atomic E-state index is -0.0247. The third-order valence-corrected chi connectivity index (χ3v) is 4.26. The summed E-state index contributed by atoms with van der Waals surface area (Å²) in [6.07, 6.45) is 0. The van der Waals surface area contributed by atoms with E-state index in [1.54, 1.807) is 0 Å². The van der Waals surface area contributed by atoms with Crippen molar-refractivity contribution < 1.29 is 14.3 Å². The number of benzene rings is 2. The van der Waals surface area contributed by atoms with Crippen LogP contribution in [0.4, 0.5) is 5.69 Å². The molecule has 1 N–H and O–H groups in total. The van der Waals surface area contributed by atoms with E-state index < -0.39 is 0 Å². The van der Waals surface area contributed by atoms with Gasteiger partial charge in [0.1, 0.15) is 13.2 Å². The molecule has 0 spiro atoms. The number of amides is 1. The summed E-state index contributed by atoms with van der Waals surface area (Å²) in [6.45, 7) is 6.25. The molecule has 5 heteroatoms. The van der Waals surface area contributed by atoms with E-state index in [0.29, 0.717) is 26.3 Å². The highest BCUT2D eigenvalue weighted by Crippen LogP contribution is 2.31. The molecule has 25 heavy (non-hydrogen) atoms. The second-order valence-electron chi connectivity index (χ2n) is 6.50. The molecule has 0 aliphatic carbocycles. The maximum Gasteiger partial charge on any atom is 0.238 e. The largest absolute Gasteiger partial charge is 0.486 e. The van der Waals surface area contributed by atoms with E-state index in [9.17, 15) is 4.79 Å². The van der Waals surface area contributed by atoms with Crippen LogP contribution in [0.15, 0.2) is 36.4 Å². The summed E-state index contributed by atoms with van der Waals surface area (Å²) in [5.41, 5.74) is 4.31. The van der Waals surface area contributed by atoms with Gasteiger partial charge in [0.05, 0.1) is 6.54 Å². The second kappa shape index (κ2) is 7.57. The number of anilines is 1. The molecule has 0 unspecified atom stereocenters. The molecule has 0 aromatic heterocycles. The first-order chi connectivity index (χ1) is 12.0. The number of fused-ring (bicyclic) bond motifs is 1. The van der Waals surface area contributed by atoms with Crippen LogP contribution in [-0.2, 0) is 11.3 Å². The average molecular weight is 340 g/mol. The number of hydrogen-bond donors (Lipinski definition) is 1. The van der Waals surface area contributed by atoms with Crippen LogP contribution >= 0.6 is 0 Å². The van der Waals surface area contributed by atoms with Gasteiger partial charge in [-0.05, 0) is 61.9 Å². The summed E-state index contributed by atoms with van der Waals surface area (Å²) in [7, 11) is 1.93. The molecule has 132 valence electrons. The number of carbonyl (C=O) groups excluding carboxylic acids is 1. The van der Waals surface area contributed by atoms with Crippen LogP contribution in [0, 0.1) is 13.8 Å². The van der Waals surface area contributed by atoms with Gasteiger partial charge in [-0.2, -0.15) is 0 Å². The summed E-state index contributed by atoms with van der Waals surface area (Å²) < 4.78 is 11.1. The van der Waals surface area contributed by atoms with E-state index in [-0.39, 0.29) is 5.91 Å². The average Bonchev–Trinajstić information content (AvgIpc) is 2.58. The van der Waals surface area contributed by atoms with Crippen molar-refractivity contribution in [2.45, 2.75) is 20.4 Å². The van der Waals surface area contributed by atoms with E-state index in [2.05, 4.69) is 12.2 Å². The van der Waals surface area contributed by atoms with E-state index in [4.69, 9.17) is 9.47 Å². The minimum Gasteiger partial charge on any atom is -0.486 e. The van der Waals surface area contributed by atoms with E-state index >= 15 is 0 Å². The molecule has 0 bridgehead atoms. The van der Waals surface area contributed by atoms with Crippen LogP contribution in [-0.4, -0.2) is 37.6 Å².